The monoisotopic (exact) mass is 330 g/mol. The van der Waals surface area contributed by atoms with E-state index < -0.39 is 10.0 Å². The van der Waals surface area contributed by atoms with Crippen LogP contribution in [0.4, 0.5) is 5.69 Å². The largest absolute Gasteiger partial charge is 0.397 e. The maximum Gasteiger partial charge on any atom is 0.241 e. The molecule has 0 saturated heterocycles. The maximum absolute atomic E-state index is 12.6. The SMILES string of the molecule is Cc1cc(Cl)c(N)cc1S(=O)(=O)NC1CCCCCCC1. The van der Waals surface area contributed by atoms with E-state index in [1.807, 2.05) is 0 Å². The first-order valence-electron chi connectivity index (χ1n) is 7.48. The Kier molecular flexibility index (Phi) is 5.52. The van der Waals surface area contributed by atoms with E-state index in [2.05, 4.69) is 4.72 Å². The summed E-state index contributed by atoms with van der Waals surface area (Å²) in [4.78, 5) is 0.228. The Labute approximate surface area is 132 Å². The predicted molar refractivity (Wildman–Crippen MR) is 87.0 cm³/mol. The average Bonchev–Trinajstić information content (AvgIpc) is 2.36. The van der Waals surface area contributed by atoms with Gasteiger partial charge in [0, 0.05) is 6.04 Å². The predicted octanol–water partition coefficient (Wildman–Crippen LogP) is 3.62. The summed E-state index contributed by atoms with van der Waals surface area (Å²) in [6.07, 6.45) is 7.59. The van der Waals surface area contributed by atoms with Gasteiger partial charge in [-0.25, -0.2) is 13.1 Å². The molecule has 21 heavy (non-hydrogen) atoms. The Hall–Kier alpha value is -0.780. The number of nitrogens with two attached hydrogens (primary N) is 1. The third-order valence-corrected chi connectivity index (χ3v) is 6.00. The zero-order valence-electron chi connectivity index (χ0n) is 12.4. The van der Waals surface area contributed by atoms with Crippen molar-refractivity contribution in [1.82, 2.24) is 4.72 Å². The number of nitrogen functional groups attached to an aromatic ring is 1. The van der Waals surface area contributed by atoms with Crippen molar-refractivity contribution in [1.29, 1.82) is 0 Å². The number of hydrogen-bond donors (Lipinski definition) is 2. The van der Waals surface area contributed by atoms with Crippen LogP contribution in [0.5, 0.6) is 0 Å². The van der Waals surface area contributed by atoms with Crippen LogP contribution in [-0.4, -0.2) is 14.5 Å². The van der Waals surface area contributed by atoms with Gasteiger partial charge >= 0.3 is 0 Å². The van der Waals surface area contributed by atoms with Gasteiger partial charge in [0.2, 0.25) is 10.0 Å². The number of aryl methyl sites for hydroxylation is 1. The number of anilines is 1. The summed E-state index contributed by atoms with van der Waals surface area (Å²) in [5.74, 6) is 0. The summed E-state index contributed by atoms with van der Waals surface area (Å²) in [6.45, 7) is 1.73. The Bertz CT molecular complexity index is 594. The molecule has 0 bridgehead atoms. The van der Waals surface area contributed by atoms with Crippen molar-refractivity contribution in [2.45, 2.75) is 62.8 Å². The topological polar surface area (TPSA) is 72.2 Å². The minimum atomic E-state index is -3.55. The van der Waals surface area contributed by atoms with Crippen LogP contribution in [0, 0.1) is 6.92 Å². The molecule has 4 nitrogen and oxygen atoms in total. The molecule has 0 amide bonds. The van der Waals surface area contributed by atoms with Gasteiger partial charge in [-0.15, -0.1) is 0 Å². The molecule has 1 aromatic rings. The van der Waals surface area contributed by atoms with Gasteiger partial charge in [0.05, 0.1) is 15.6 Å². The lowest BCUT2D eigenvalue weighted by atomic mass is 9.97. The minimum Gasteiger partial charge on any atom is -0.397 e. The van der Waals surface area contributed by atoms with Crippen molar-refractivity contribution in [2.75, 3.05) is 5.73 Å². The van der Waals surface area contributed by atoms with Crippen LogP contribution in [0.3, 0.4) is 0 Å². The molecule has 2 rings (SSSR count). The van der Waals surface area contributed by atoms with Gasteiger partial charge in [-0.05, 0) is 37.5 Å². The number of nitrogens with one attached hydrogen (secondary N) is 1. The number of halogens is 1. The van der Waals surface area contributed by atoms with Crippen LogP contribution >= 0.6 is 11.6 Å². The lowest BCUT2D eigenvalue weighted by Gasteiger charge is -2.21. The van der Waals surface area contributed by atoms with Crippen LogP contribution in [-0.2, 0) is 10.0 Å². The Morgan fingerprint density at radius 1 is 1.14 bits per heavy atom. The molecule has 0 unspecified atom stereocenters. The summed E-state index contributed by atoms with van der Waals surface area (Å²) in [5.41, 5.74) is 6.65. The molecule has 0 radical (unpaired) electrons. The number of hydrogen-bond acceptors (Lipinski definition) is 3. The third-order valence-electron chi connectivity index (χ3n) is 4.01. The lowest BCUT2D eigenvalue weighted by Crippen LogP contribution is -2.35. The Morgan fingerprint density at radius 2 is 1.71 bits per heavy atom. The Balaban J connectivity index is 2.19. The molecule has 6 heteroatoms. The second-order valence-electron chi connectivity index (χ2n) is 5.80. The van der Waals surface area contributed by atoms with Crippen LogP contribution in [0.2, 0.25) is 5.02 Å². The van der Waals surface area contributed by atoms with E-state index in [9.17, 15) is 8.42 Å². The second-order valence-corrected chi connectivity index (χ2v) is 7.89. The van der Waals surface area contributed by atoms with Crippen LogP contribution in [0.15, 0.2) is 17.0 Å². The quantitative estimate of drug-likeness (QED) is 0.831. The lowest BCUT2D eigenvalue weighted by molar-refractivity contribution is 0.426. The van der Waals surface area contributed by atoms with Gasteiger partial charge < -0.3 is 5.73 Å². The van der Waals surface area contributed by atoms with E-state index in [4.69, 9.17) is 17.3 Å². The fourth-order valence-corrected chi connectivity index (χ4v) is 4.60. The van der Waals surface area contributed by atoms with Crippen molar-refractivity contribution in [3.63, 3.8) is 0 Å². The highest BCUT2D eigenvalue weighted by Crippen LogP contribution is 2.27. The smallest absolute Gasteiger partial charge is 0.241 e. The summed E-state index contributed by atoms with van der Waals surface area (Å²) in [6, 6.07) is 3.07. The summed E-state index contributed by atoms with van der Waals surface area (Å²) in [5, 5.41) is 0.386. The van der Waals surface area contributed by atoms with Crippen LogP contribution in [0.1, 0.15) is 50.5 Å². The van der Waals surface area contributed by atoms with Crippen LogP contribution in [0.25, 0.3) is 0 Å². The molecule has 1 aliphatic carbocycles. The standard InChI is InChI=1S/C15H23ClN2O2S/c1-11-9-13(16)14(17)10-15(11)21(19,20)18-12-7-5-3-2-4-6-8-12/h9-10,12,18H,2-8,17H2,1H3. The van der Waals surface area contributed by atoms with Gasteiger partial charge in [-0.1, -0.05) is 43.7 Å². The van der Waals surface area contributed by atoms with Gasteiger partial charge in [0.1, 0.15) is 0 Å². The third kappa shape index (κ3) is 4.34. The molecule has 0 heterocycles. The van der Waals surface area contributed by atoms with Crippen LogP contribution < -0.4 is 10.5 Å². The molecule has 1 fully saturated rings. The zero-order valence-corrected chi connectivity index (χ0v) is 13.9. The average molecular weight is 331 g/mol. The molecule has 0 aliphatic heterocycles. The van der Waals surface area contributed by atoms with Gasteiger partial charge in [-0.2, -0.15) is 0 Å². The highest BCUT2D eigenvalue weighted by molar-refractivity contribution is 7.89. The van der Waals surface area contributed by atoms with Crippen molar-refractivity contribution >= 4 is 27.3 Å². The van der Waals surface area contributed by atoms with Crippen molar-refractivity contribution in [3.05, 3.63) is 22.7 Å². The summed E-state index contributed by atoms with van der Waals surface area (Å²) < 4.78 is 28.0. The highest BCUT2D eigenvalue weighted by Gasteiger charge is 2.23. The van der Waals surface area contributed by atoms with Gasteiger partial charge in [0.25, 0.3) is 0 Å². The fourth-order valence-electron chi connectivity index (χ4n) is 2.81. The molecule has 1 aliphatic rings. The van der Waals surface area contributed by atoms with E-state index >= 15 is 0 Å². The van der Waals surface area contributed by atoms with Gasteiger partial charge in [0.15, 0.2) is 0 Å². The van der Waals surface area contributed by atoms with E-state index in [0.29, 0.717) is 16.3 Å². The van der Waals surface area contributed by atoms with E-state index in [1.165, 1.54) is 25.3 Å². The molecule has 0 spiro atoms. The molecule has 0 aromatic heterocycles. The Morgan fingerprint density at radius 3 is 2.33 bits per heavy atom. The van der Waals surface area contributed by atoms with E-state index in [0.717, 1.165) is 25.7 Å². The van der Waals surface area contributed by atoms with E-state index in [1.54, 1.807) is 13.0 Å². The van der Waals surface area contributed by atoms with Crippen molar-refractivity contribution in [3.8, 4) is 0 Å². The summed E-state index contributed by atoms with van der Waals surface area (Å²) >= 11 is 5.93. The van der Waals surface area contributed by atoms with Crippen molar-refractivity contribution in [2.24, 2.45) is 0 Å². The molecular weight excluding hydrogens is 308 g/mol. The number of rotatable bonds is 3. The molecule has 118 valence electrons. The number of sulfonamides is 1. The minimum absolute atomic E-state index is 0.0200. The second kappa shape index (κ2) is 6.99. The van der Waals surface area contributed by atoms with Crippen molar-refractivity contribution < 1.29 is 8.42 Å². The molecule has 0 atom stereocenters. The number of benzene rings is 1. The highest BCUT2D eigenvalue weighted by atomic mass is 35.5. The van der Waals surface area contributed by atoms with Gasteiger partial charge in [-0.3, -0.25) is 0 Å². The summed E-state index contributed by atoms with van der Waals surface area (Å²) in [7, 11) is -3.55. The molecule has 1 saturated carbocycles. The normalized spacial score (nSPS) is 18.2. The molecular formula is C15H23ClN2O2S. The first-order chi connectivity index (χ1) is 9.90. The van der Waals surface area contributed by atoms with E-state index in [-0.39, 0.29) is 10.9 Å². The first-order valence-corrected chi connectivity index (χ1v) is 9.34. The molecule has 3 N–H and O–H groups in total. The molecule has 1 aromatic carbocycles. The maximum atomic E-state index is 12.6. The fraction of sp³-hybridized carbons (Fsp3) is 0.600. The zero-order chi connectivity index (χ0) is 15.5. The first kappa shape index (κ1) is 16.6.